The molecule has 4 nitrogen and oxygen atoms in total. The third-order valence-electron chi connectivity index (χ3n) is 4.41. The van der Waals surface area contributed by atoms with E-state index in [1.807, 2.05) is 19.1 Å². The van der Waals surface area contributed by atoms with Crippen LogP contribution in [0, 0.1) is 6.92 Å². The maximum Gasteiger partial charge on any atom is 0.336 e. The van der Waals surface area contributed by atoms with Gasteiger partial charge in [-0.1, -0.05) is 41.9 Å². The molecule has 4 aromatic rings. The molecule has 0 aliphatic carbocycles. The molecule has 128 valence electrons. The zero-order valence-corrected chi connectivity index (χ0v) is 14.5. The molecule has 0 amide bonds. The minimum Gasteiger partial charge on any atom is -0.478 e. The van der Waals surface area contributed by atoms with E-state index in [0.717, 1.165) is 10.9 Å². The van der Waals surface area contributed by atoms with Crippen molar-refractivity contribution in [1.82, 2.24) is 0 Å². The van der Waals surface area contributed by atoms with Crippen LogP contribution in [-0.4, -0.2) is 11.1 Å². The molecule has 1 aromatic heterocycles. The average molecular weight is 365 g/mol. The van der Waals surface area contributed by atoms with E-state index in [4.69, 9.17) is 16.0 Å². The third-order valence-corrected chi connectivity index (χ3v) is 4.82. The Bertz CT molecular complexity index is 1250. The molecule has 0 unspecified atom stereocenters. The second-order valence-corrected chi connectivity index (χ2v) is 6.49. The smallest absolute Gasteiger partial charge is 0.336 e. The fraction of sp³-hybridized carbons (Fsp3) is 0.0476. The van der Waals surface area contributed by atoms with Gasteiger partial charge in [-0.3, -0.25) is 4.79 Å². The van der Waals surface area contributed by atoms with Crippen LogP contribution in [0.3, 0.4) is 0 Å². The standard InChI is InChI=1S/C21H13ClO4/c1-11-8-18-15(9-16(11)22)17(23)10-19(26-18)13-6-2-4-12-5-3-7-14(20(12)13)21(24)25/h2-10H,1H3,(H,24,25). The monoisotopic (exact) mass is 364 g/mol. The number of benzene rings is 3. The Balaban J connectivity index is 2.09. The van der Waals surface area contributed by atoms with E-state index < -0.39 is 5.97 Å². The van der Waals surface area contributed by atoms with Crippen LogP contribution in [0.5, 0.6) is 0 Å². The lowest BCUT2D eigenvalue weighted by Gasteiger charge is -2.10. The summed E-state index contributed by atoms with van der Waals surface area (Å²) in [7, 11) is 0. The summed E-state index contributed by atoms with van der Waals surface area (Å²) in [4.78, 5) is 24.2. The highest BCUT2D eigenvalue weighted by Crippen LogP contribution is 2.33. The number of aryl methyl sites for hydroxylation is 1. The molecule has 0 atom stereocenters. The maximum absolute atomic E-state index is 12.6. The van der Waals surface area contributed by atoms with Gasteiger partial charge in [-0.05, 0) is 36.1 Å². The van der Waals surface area contributed by atoms with Crippen LogP contribution < -0.4 is 5.43 Å². The highest BCUT2D eigenvalue weighted by molar-refractivity contribution is 6.32. The van der Waals surface area contributed by atoms with E-state index in [-0.39, 0.29) is 11.0 Å². The van der Waals surface area contributed by atoms with Gasteiger partial charge in [0.2, 0.25) is 0 Å². The van der Waals surface area contributed by atoms with Gasteiger partial charge in [0.05, 0.1) is 10.9 Å². The number of aromatic carboxylic acids is 1. The first-order valence-corrected chi connectivity index (χ1v) is 8.33. The largest absolute Gasteiger partial charge is 0.478 e. The van der Waals surface area contributed by atoms with Crippen molar-refractivity contribution in [3.63, 3.8) is 0 Å². The van der Waals surface area contributed by atoms with Gasteiger partial charge >= 0.3 is 5.97 Å². The Hall–Kier alpha value is -3.11. The molecule has 1 N–H and O–H groups in total. The summed E-state index contributed by atoms with van der Waals surface area (Å²) in [6, 6.07) is 15.1. The Morgan fingerprint density at radius 1 is 1.08 bits per heavy atom. The molecule has 0 fully saturated rings. The van der Waals surface area contributed by atoms with Gasteiger partial charge in [0.15, 0.2) is 5.43 Å². The number of carboxylic acids is 1. The normalized spacial score (nSPS) is 11.2. The van der Waals surface area contributed by atoms with Crippen molar-refractivity contribution in [3.05, 3.63) is 81.0 Å². The number of halogens is 1. The van der Waals surface area contributed by atoms with Crippen molar-refractivity contribution in [1.29, 1.82) is 0 Å². The molecule has 0 spiro atoms. The molecule has 4 rings (SSSR count). The Morgan fingerprint density at radius 2 is 1.81 bits per heavy atom. The van der Waals surface area contributed by atoms with Gasteiger partial charge in [-0.25, -0.2) is 4.79 Å². The summed E-state index contributed by atoms with van der Waals surface area (Å²) in [6.45, 7) is 1.83. The van der Waals surface area contributed by atoms with Gasteiger partial charge in [0.25, 0.3) is 0 Å². The van der Waals surface area contributed by atoms with Crippen molar-refractivity contribution in [3.8, 4) is 11.3 Å². The van der Waals surface area contributed by atoms with Crippen molar-refractivity contribution >= 4 is 39.3 Å². The highest BCUT2D eigenvalue weighted by Gasteiger charge is 2.16. The molecule has 0 radical (unpaired) electrons. The molecule has 5 heteroatoms. The summed E-state index contributed by atoms with van der Waals surface area (Å²) in [5, 5.41) is 11.7. The van der Waals surface area contributed by atoms with Crippen molar-refractivity contribution in [2.75, 3.05) is 0 Å². The highest BCUT2D eigenvalue weighted by atomic mass is 35.5. The van der Waals surface area contributed by atoms with E-state index in [1.54, 1.807) is 30.3 Å². The Labute approximate surface area is 153 Å². The van der Waals surface area contributed by atoms with E-state index in [0.29, 0.717) is 32.7 Å². The van der Waals surface area contributed by atoms with Crippen molar-refractivity contribution < 1.29 is 14.3 Å². The fourth-order valence-electron chi connectivity index (χ4n) is 3.13. The molecule has 0 bridgehead atoms. The SMILES string of the molecule is Cc1cc2oc(-c3cccc4cccc(C(=O)O)c34)cc(=O)c2cc1Cl. The number of carboxylic acid groups (broad SMARTS) is 1. The number of fused-ring (bicyclic) bond motifs is 2. The van der Waals surface area contributed by atoms with E-state index in [2.05, 4.69) is 0 Å². The van der Waals surface area contributed by atoms with Crippen molar-refractivity contribution in [2.24, 2.45) is 0 Å². The minimum atomic E-state index is -1.03. The van der Waals surface area contributed by atoms with Gasteiger partial charge < -0.3 is 9.52 Å². The average Bonchev–Trinajstić information content (AvgIpc) is 2.62. The molecular weight excluding hydrogens is 352 g/mol. The third kappa shape index (κ3) is 2.55. The number of rotatable bonds is 2. The van der Waals surface area contributed by atoms with Gasteiger partial charge in [-0.15, -0.1) is 0 Å². The predicted octanol–water partition coefficient (Wildman–Crippen LogP) is 5.27. The zero-order valence-electron chi connectivity index (χ0n) is 13.7. The summed E-state index contributed by atoms with van der Waals surface area (Å²) in [6.07, 6.45) is 0. The Morgan fingerprint density at radius 3 is 2.54 bits per heavy atom. The number of hydrogen-bond acceptors (Lipinski definition) is 3. The lowest BCUT2D eigenvalue weighted by Crippen LogP contribution is -2.02. The molecule has 26 heavy (non-hydrogen) atoms. The van der Waals surface area contributed by atoms with Gasteiger partial charge in [-0.2, -0.15) is 0 Å². The Kier molecular flexibility index (Phi) is 3.78. The second kappa shape index (κ2) is 6.00. The first-order chi connectivity index (χ1) is 12.5. The van der Waals surface area contributed by atoms with Crippen LogP contribution in [0.25, 0.3) is 33.1 Å². The molecule has 3 aromatic carbocycles. The first-order valence-electron chi connectivity index (χ1n) is 7.95. The van der Waals surface area contributed by atoms with E-state index in [9.17, 15) is 14.7 Å². The lowest BCUT2D eigenvalue weighted by atomic mass is 9.97. The topological polar surface area (TPSA) is 67.5 Å². The van der Waals surface area contributed by atoms with Crippen LogP contribution in [0.1, 0.15) is 15.9 Å². The quantitative estimate of drug-likeness (QED) is 0.526. The number of carbonyl (C=O) groups is 1. The van der Waals surface area contributed by atoms with Gasteiger partial charge in [0.1, 0.15) is 11.3 Å². The molecule has 0 aliphatic heterocycles. The van der Waals surface area contributed by atoms with Crippen LogP contribution >= 0.6 is 11.6 Å². The number of hydrogen-bond donors (Lipinski definition) is 1. The molecule has 1 heterocycles. The van der Waals surface area contributed by atoms with Crippen LogP contribution in [0.15, 0.2) is 63.8 Å². The van der Waals surface area contributed by atoms with Gasteiger partial charge in [0, 0.05) is 22.0 Å². The lowest BCUT2D eigenvalue weighted by molar-refractivity contribution is 0.0699. The fourth-order valence-corrected chi connectivity index (χ4v) is 3.30. The van der Waals surface area contributed by atoms with Crippen molar-refractivity contribution in [2.45, 2.75) is 6.92 Å². The molecule has 0 saturated heterocycles. The predicted molar refractivity (Wildman–Crippen MR) is 102 cm³/mol. The zero-order chi connectivity index (χ0) is 18.4. The summed E-state index contributed by atoms with van der Waals surface area (Å²) < 4.78 is 5.96. The van der Waals surface area contributed by atoms with Crippen LogP contribution in [0.4, 0.5) is 0 Å². The molecular formula is C21H13ClO4. The van der Waals surface area contributed by atoms with E-state index in [1.165, 1.54) is 12.1 Å². The minimum absolute atomic E-state index is 0.160. The van der Waals surface area contributed by atoms with Crippen LogP contribution in [0.2, 0.25) is 5.02 Å². The molecule has 0 aliphatic rings. The summed E-state index contributed by atoms with van der Waals surface area (Å²) in [5.74, 6) is -0.711. The summed E-state index contributed by atoms with van der Waals surface area (Å²) in [5.41, 5.74) is 1.70. The van der Waals surface area contributed by atoms with Crippen LogP contribution in [-0.2, 0) is 0 Å². The molecule has 0 saturated carbocycles. The first kappa shape index (κ1) is 16.4. The second-order valence-electron chi connectivity index (χ2n) is 6.09. The maximum atomic E-state index is 12.6. The summed E-state index contributed by atoms with van der Waals surface area (Å²) >= 11 is 6.10. The van der Waals surface area contributed by atoms with E-state index >= 15 is 0 Å².